The SMILES string of the molecule is C=CC(C/C=C/F)CC(=C)C. The Morgan fingerprint density at radius 3 is 2.64 bits per heavy atom. The molecule has 62 valence electrons. The highest BCUT2D eigenvalue weighted by molar-refractivity contribution is 4.97. The van der Waals surface area contributed by atoms with Crippen molar-refractivity contribution in [1.29, 1.82) is 0 Å². The van der Waals surface area contributed by atoms with Crippen LogP contribution in [0.4, 0.5) is 4.39 Å². The fourth-order valence-corrected chi connectivity index (χ4v) is 0.937. The lowest BCUT2D eigenvalue weighted by Gasteiger charge is -2.07. The van der Waals surface area contributed by atoms with Gasteiger partial charge in [-0.15, -0.1) is 13.2 Å². The first-order valence-corrected chi connectivity index (χ1v) is 3.72. The second-order valence-electron chi connectivity index (χ2n) is 2.75. The van der Waals surface area contributed by atoms with Gasteiger partial charge in [-0.05, 0) is 25.7 Å². The molecule has 0 saturated heterocycles. The molecule has 0 saturated carbocycles. The zero-order chi connectivity index (χ0) is 8.69. The van der Waals surface area contributed by atoms with Crippen LogP contribution in [0.5, 0.6) is 0 Å². The molecule has 11 heavy (non-hydrogen) atoms. The molecule has 0 aromatic rings. The Kier molecular flexibility index (Phi) is 5.44. The van der Waals surface area contributed by atoms with E-state index in [-0.39, 0.29) is 0 Å². The topological polar surface area (TPSA) is 0 Å². The van der Waals surface area contributed by atoms with Crippen LogP contribution in [0.2, 0.25) is 0 Å². The molecule has 1 atom stereocenters. The van der Waals surface area contributed by atoms with E-state index in [1.807, 2.05) is 13.0 Å². The van der Waals surface area contributed by atoms with Gasteiger partial charge < -0.3 is 0 Å². The molecule has 0 aliphatic heterocycles. The summed E-state index contributed by atoms with van der Waals surface area (Å²) in [6.07, 6.45) is 5.54. The molecular weight excluding hydrogens is 139 g/mol. The molecule has 0 heterocycles. The standard InChI is InChI=1S/C10H15F/c1-4-10(6-5-7-11)8-9(2)3/h4-5,7,10H,1-2,6,8H2,3H3/b7-5+. The average molecular weight is 154 g/mol. The summed E-state index contributed by atoms with van der Waals surface area (Å²) in [5.74, 6) is 0.333. The average Bonchev–Trinajstić information content (AvgIpc) is 1.97. The summed E-state index contributed by atoms with van der Waals surface area (Å²) in [5.41, 5.74) is 1.11. The van der Waals surface area contributed by atoms with Crippen molar-refractivity contribution in [3.05, 3.63) is 37.2 Å². The molecule has 0 fully saturated rings. The van der Waals surface area contributed by atoms with E-state index >= 15 is 0 Å². The molecule has 0 nitrogen and oxygen atoms in total. The minimum Gasteiger partial charge on any atom is -0.216 e. The molecule has 1 unspecified atom stereocenters. The highest BCUT2D eigenvalue weighted by Crippen LogP contribution is 2.15. The summed E-state index contributed by atoms with van der Waals surface area (Å²) in [6, 6.07) is 0. The van der Waals surface area contributed by atoms with Crippen LogP contribution in [-0.4, -0.2) is 0 Å². The van der Waals surface area contributed by atoms with Gasteiger partial charge in [-0.1, -0.05) is 17.7 Å². The maximum Gasteiger partial charge on any atom is 0.0827 e. The first kappa shape index (κ1) is 10.2. The van der Waals surface area contributed by atoms with Crippen molar-refractivity contribution >= 4 is 0 Å². The Bertz CT molecular complexity index is 156. The highest BCUT2D eigenvalue weighted by Gasteiger charge is 2.00. The van der Waals surface area contributed by atoms with Crippen molar-refractivity contribution in [2.45, 2.75) is 19.8 Å². The van der Waals surface area contributed by atoms with E-state index in [0.717, 1.165) is 12.0 Å². The summed E-state index contributed by atoms with van der Waals surface area (Å²) in [4.78, 5) is 0. The zero-order valence-electron chi connectivity index (χ0n) is 7.02. The molecule has 0 amide bonds. The van der Waals surface area contributed by atoms with Crippen molar-refractivity contribution < 1.29 is 4.39 Å². The van der Waals surface area contributed by atoms with Gasteiger partial charge in [0.1, 0.15) is 0 Å². The number of allylic oxidation sites excluding steroid dienone is 3. The van der Waals surface area contributed by atoms with Gasteiger partial charge in [0.05, 0.1) is 6.33 Å². The van der Waals surface area contributed by atoms with Gasteiger partial charge in [-0.25, -0.2) is 4.39 Å². The van der Waals surface area contributed by atoms with Gasteiger partial charge in [0.25, 0.3) is 0 Å². The van der Waals surface area contributed by atoms with Gasteiger partial charge in [-0.3, -0.25) is 0 Å². The molecule has 0 rings (SSSR count). The van der Waals surface area contributed by atoms with Gasteiger partial charge in [-0.2, -0.15) is 0 Å². The molecule has 0 N–H and O–H groups in total. The zero-order valence-corrected chi connectivity index (χ0v) is 7.02. The van der Waals surface area contributed by atoms with Crippen molar-refractivity contribution in [1.82, 2.24) is 0 Å². The first-order chi connectivity index (χ1) is 5.20. The summed E-state index contributed by atoms with van der Waals surface area (Å²) in [6.45, 7) is 9.42. The number of hydrogen-bond acceptors (Lipinski definition) is 0. The van der Waals surface area contributed by atoms with Crippen molar-refractivity contribution in [2.24, 2.45) is 5.92 Å². The third kappa shape index (κ3) is 5.59. The quantitative estimate of drug-likeness (QED) is 0.530. The second kappa shape index (κ2) is 5.90. The largest absolute Gasteiger partial charge is 0.216 e. The number of rotatable bonds is 5. The Hall–Kier alpha value is -0.850. The van der Waals surface area contributed by atoms with Crippen molar-refractivity contribution in [2.75, 3.05) is 0 Å². The lowest BCUT2D eigenvalue weighted by atomic mass is 9.98. The van der Waals surface area contributed by atoms with E-state index in [2.05, 4.69) is 13.2 Å². The van der Waals surface area contributed by atoms with Crippen LogP contribution in [-0.2, 0) is 0 Å². The van der Waals surface area contributed by atoms with E-state index in [1.165, 1.54) is 6.08 Å². The van der Waals surface area contributed by atoms with Crippen LogP contribution in [0.1, 0.15) is 19.8 Å². The van der Waals surface area contributed by atoms with Crippen LogP contribution < -0.4 is 0 Å². The Morgan fingerprint density at radius 2 is 2.27 bits per heavy atom. The summed E-state index contributed by atoms with van der Waals surface area (Å²) >= 11 is 0. The van der Waals surface area contributed by atoms with E-state index < -0.39 is 0 Å². The molecular formula is C10H15F. The fraction of sp³-hybridized carbons (Fsp3) is 0.400. The molecule has 0 aliphatic rings. The predicted molar refractivity (Wildman–Crippen MR) is 48.0 cm³/mol. The minimum atomic E-state index is 0.333. The predicted octanol–water partition coefficient (Wildman–Crippen LogP) is 3.63. The van der Waals surface area contributed by atoms with E-state index in [9.17, 15) is 4.39 Å². The van der Waals surface area contributed by atoms with Gasteiger partial charge in [0.2, 0.25) is 0 Å². The van der Waals surface area contributed by atoms with Crippen molar-refractivity contribution in [3.8, 4) is 0 Å². The second-order valence-corrected chi connectivity index (χ2v) is 2.75. The van der Waals surface area contributed by atoms with Crippen LogP contribution in [0.15, 0.2) is 37.2 Å². The third-order valence-corrected chi connectivity index (χ3v) is 1.47. The van der Waals surface area contributed by atoms with Crippen LogP contribution in [0.3, 0.4) is 0 Å². The lowest BCUT2D eigenvalue weighted by Crippen LogP contribution is -1.94. The normalized spacial score (nSPS) is 13.3. The smallest absolute Gasteiger partial charge is 0.0827 e. The van der Waals surface area contributed by atoms with Gasteiger partial charge in [0.15, 0.2) is 0 Å². The lowest BCUT2D eigenvalue weighted by molar-refractivity contribution is 0.640. The first-order valence-electron chi connectivity index (χ1n) is 3.72. The van der Waals surface area contributed by atoms with Gasteiger partial charge >= 0.3 is 0 Å². The maximum absolute atomic E-state index is 11.6. The van der Waals surface area contributed by atoms with Crippen molar-refractivity contribution in [3.63, 3.8) is 0 Å². The summed E-state index contributed by atoms with van der Waals surface area (Å²) in [7, 11) is 0. The van der Waals surface area contributed by atoms with E-state index in [0.29, 0.717) is 18.7 Å². The van der Waals surface area contributed by atoms with E-state index in [1.54, 1.807) is 0 Å². The Morgan fingerprint density at radius 1 is 1.64 bits per heavy atom. The molecule has 0 bridgehead atoms. The van der Waals surface area contributed by atoms with E-state index in [4.69, 9.17) is 0 Å². The Balaban J connectivity index is 3.75. The summed E-state index contributed by atoms with van der Waals surface area (Å²) in [5, 5.41) is 0. The molecule has 0 spiro atoms. The van der Waals surface area contributed by atoms with Crippen LogP contribution >= 0.6 is 0 Å². The number of halogens is 1. The highest BCUT2D eigenvalue weighted by atomic mass is 19.1. The maximum atomic E-state index is 11.6. The van der Waals surface area contributed by atoms with Crippen LogP contribution in [0, 0.1) is 5.92 Å². The van der Waals surface area contributed by atoms with Gasteiger partial charge in [0, 0.05) is 0 Å². The monoisotopic (exact) mass is 154 g/mol. The molecule has 0 aliphatic carbocycles. The molecule has 0 aromatic carbocycles. The molecule has 1 heteroatoms. The minimum absolute atomic E-state index is 0.333. The third-order valence-electron chi connectivity index (χ3n) is 1.47. The Labute approximate surface area is 68.1 Å². The molecule has 0 radical (unpaired) electrons. The van der Waals surface area contributed by atoms with Crippen LogP contribution in [0.25, 0.3) is 0 Å². The number of hydrogen-bond donors (Lipinski definition) is 0. The fourth-order valence-electron chi connectivity index (χ4n) is 0.937. The summed E-state index contributed by atoms with van der Waals surface area (Å²) < 4.78 is 11.6. The molecule has 0 aromatic heterocycles.